The molecule has 3 rings (SSSR count). The predicted molar refractivity (Wildman–Crippen MR) is 173 cm³/mol. The lowest BCUT2D eigenvalue weighted by molar-refractivity contribution is -0.126. The van der Waals surface area contributed by atoms with Gasteiger partial charge < -0.3 is 20.6 Å². The minimum Gasteiger partial charge on any atom is -0.390 e. The second kappa shape index (κ2) is 17.3. The van der Waals surface area contributed by atoms with Gasteiger partial charge in [0, 0.05) is 32.4 Å². The van der Waals surface area contributed by atoms with Gasteiger partial charge in [0.1, 0.15) is 17.7 Å². The molecule has 0 radical (unpaired) electrons. The van der Waals surface area contributed by atoms with E-state index in [1.165, 1.54) is 19.4 Å². The largest absolute Gasteiger partial charge is 0.390 e. The normalized spacial score (nSPS) is 14.3. The van der Waals surface area contributed by atoms with Gasteiger partial charge in [0.15, 0.2) is 9.84 Å². The van der Waals surface area contributed by atoms with Crippen molar-refractivity contribution in [2.24, 2.45) is 0 Å². The molecular weight excluding hydrogens is 616 g/mol. The van der Waals surface area contributed by atoms with Crippen molar-refractivity contribution in [3.05, 3.63) is 88.7 Å². The number of aromatic nitrogens is 2. The Kier molecular flexibility index (Phi) is 13.8. The Bertz CT molecular complexity index is 1520. The standard InChI is InChI=1S/C33H45F2N5O5S/c1-5-9-28(7-3)46(44,45)21-30(40(4)33(43)25-18-37-38-19-25)32(42)39-29(15-24-13-26(34)16-27(35)14-24)31(41)20-36-17-23-11-8-10-22(6-2)12-23/h8,10-14,16,18-19,28-31,36,41H,5-7,9,15,17,20-21H2,1-4H3,(H,37,38)(H,39,42)/t28?,29-,30-,31+/m0/s1. The molecule has 1 heterocycles. The molecule has 0 fully saturated rings. The molecule has 4 atom stereocenters. The maximum atomic E-state index is 14.1. The zero-order valence-electron chi connectivity index (χ0n) is 26.8. The summed E-state index contributed by atoms with van der Waals surface area (Å²) in [6, 6.07) is 8.28. The van der Waals surface area contributed by atoms with Gasteiger partial charge in [0.05, 0.1) is 34.9 Å². The van der Waals surface area contributed by atoms with Crippen LogP contribution >= 0.6 is 0 Å². The number of H-pyrrole nitrogens is 1. The summed E-state index contributed by atoms with van der Waals surface area (Å²) in [5, 5.41) is 22.7. The van der Waals surface area contributed by atoms with E-state index < -0.39 is 62.5 Å². The Hall–Kier alpha value is -3.68. The van der Waals surface area contributed by atoms with Crippen LogP contribution in [0.2, 0.25) is 0 Å². The van der Waals surface area contributed by atoms with Crippen LogP contribution in [0.15, 0.2) is 54.9 Å². The molecule has 13 heteroatoms. The van der Waals surface area contributed by atoms with E-state index in [9.17, 15) is 31.9 Å². The van der Waals surface area contributed by atoms with Crippen molar-refractivity contribution in [1.29, 1.82) is 0 Å². The number of rotatable bonds is 18. The lowest BCUT2D eigenvalue weighted by Gasteiger charge is -2.31. The zero-order valence-corrected chi connectivity index (χ0v) is 27.6. The maximum Gasteiger partial charge on any atom is 0.257 e. The number of carbonyl (C=O) groups is 2. The minimum atomic E-state index is -3.86. The van der Waals surface area contributed by atoms with Crippen molar-refractivity contribution in [2.45, 2.75) is 82.9 Å². The number of aliphatic hydroxyl groups is 1. The van der Waals surface area contributed by atoms with E-state index >= 15 is 0 Å². The van der Waals surface area contributed by atoms with Crippen LogP contribution in [0.4, 0.5) is 8.78 Å². The monoisotopic (exact) mass is 661 g/mol. The van der Waals surface area contributed by atoms with E-state index in [1.807, 2.05) is 38.1 Å². The highest BCUT2D eigenvalue weighted by Crippen LogP contribution is 2.19. The SMILES string of the molecule is CCCC(CC)S(=O)(=O)C[C@@H](C(=O)N[C@@H](Cc1cc(F)cc(F)c1)[C@H](O)CNCc1cccc(CC)c1)N(C)C(=O)c1cn[nH]c1. The second-order valence-corrected chi connectivity index (χ2v) is 13.9. The van der Waals surface area contributed by atoms with Crippen molar-refractivity contribution >= 4 is 21.7 Å². The fraction of sp³-hybridized carbons (Fsp3) is 0.485. The van der Waals surface area contributed by atoms with Gasteiger partial charge in [-0.25, -0.2) is 17.2 Å². The average Bonchev–Trinajstić information content (AvgIpc) is 3.56. The number of sulfone groups is 1. The third kappa shape index (κ3) is 10.4. The number of likely N-dealkylation sites (N-methyl/N-ethyl adjacent to an activating group) is 1. The van der Waals surface area contributed by atoms with Gasteiger partial charge in [-0.3, -0.25) is 14.7 Å². The summed E-state index contributed by atoms with van der Waals surface area (Å²) in [6.07, 6.45) is 3.39. The van der Waals surface area contributed by atoms with Crippen LogP contribution in [0.5, 0.6) is 0 Å². The molecule has 0 aliphatic heterocycles. The molecule has 1 unspecified atom stereocenters. The molecule has 2 aromatic carbocycles. The first kappa shape index (κ1) is 36.8. The summed E-state index contributed by atoms with van der Waals surface area (Å²) in [5.74, 6) is -3.75. The summed E-state index contributed by atoms with van der Waals surface area (Å²) in [7, 11) is -2.53. The number of aryl methyl sites for hydroxylation is 1. The number of nitrogens with one attached hydrogen (secondary N) is 3. The molecule has 1 aromatic heterocycles. The Morgan fingerprint density at radius 1 is 1.04 bits per heavy atom. The number of aromatic amines is 1. The number of aliphatic hydroxyl groups excluding tert-OH is 1. The van der Waals surface area contributed by atoms with E-state index in [2.05, 4.69) is 20.8 Å². The lowest BCUT2D eigenvalue weighted by atomic mass is 10.00. The third-order valence-electron chi connectivity index (χ3n) is 8.05. The van der Waals surface area contributed by atoms with Gasteiger partial charge in [-0.1, -0.05) is 51.5 Å². The van der Waals surface area contributed by atoms with Crippen LogP contribution in [-0.4, -0.2) is 83.2 Å². The Labute approximate surface area is 269 Å². The van der Waals surface area contributed by atoms with Gasteiger partial charge >= 0.3 is 0 Å². The molecule has 3 aromatic rings. The predicted octanol–water partition coefficient (Wildman–Crippen LogP) is 3.56. The van der Waals surface area contributed by atoms with E-state index in [0.717, 1.165) is 40.6 Å². The molecule has 252 valence electrons. The fourth-order valence-corrected chi connectivity index (χ4v) is 7.59. The first-order valence-electron chi connectivity index (χ1n) is 15.6. The lowest BCUT2D eigenvalue weighted by Crippen LogP contribution is -2.57. The summed E-state index contributed by atoms with van der Waals surface area (Å²) >= 11 is 0. The van der Waals surface area contributed by atoms with Crippen LogP contribution in [-0.2, 0) is 34.0 Å². The zero-order chi connectivity index (χ0) is 33.9. The molecule has 2 amide bonds. The Morgan fingerprint density at radius 2 is 1.74 bits per heavy atom. The summed E-state index contributed by atoms with van der Waals surface area (Å²) in [4.78, 5) is 28.2. The van der Waals surface area contributed by atoms with Crippen LogP contribution in [0.25, 0.3) is 0 Å². The summed E-state index contributed by atoms with van der Waals surface area (Å²) < 4.78 is 55.2. The Morgan fingerprint density at radius 3 is 2.35 bits per heavy atom. The molecule has 0 saturated heterocycles. The number of halogens is 2. The maximum absolute atomic E-state index is 14.1. The van der Waals surface area contributed by atoms with Crippen LogP contribution < -0.4 is 10.6 Å². The molecule has 0 spiro atoms. The molecule has 0 saturated carbocycles. The molecule has 0 aliphatic carbocycles. The number of benzene rings is 2. The summed E-state index contributed by atoms with van der Waals surface area (Å²) in [6.45, 7) is 6.08. The third-order valence-corrected chi connectivity index (χ3v) is 10.4. The first-order valence-corrected chi connectivity index (χ1v) is 17.3. The average molecular weight is 662 g/mol. The number of carbonyl (C=O) groups excluding carboxylic acids is 2. The number of hydrogen-bond acceptors (Lipinski definition) is 7. The highest BCUT2D eigenvalue weighted by Gasteiger charge is 2.37. The van der Waals surface area contributed by atoms with Crippen molar-refractivity contribution in [1.82, 2.24) is 25.7 Å². The topological polar surface area (TPSA) is 144 Å². The van der Waals surface area contributed by atoms with Crippen LogP contribution in [0.1, 0.15) is 67.1 Å². The number of nitrogens with zero attached hydrogens (tertiary/aromatic N) is 2. The van der Waals surface area contributed by atoms with Crippen molar-refractivity contribution in [3.8, 4) is 0 Å². The van der Waals surface area contributed by atoms with E-state index in [0.29, 0.717) is 25.8 Å². The van der Waals surface area contributed by atoms with Gasteiger partial charge in [0.25, 0.3) is 5.91 Å². The van der Waals surface area contributed by atoms with Crippen molar-refractivity contribution in [3.63, 3.8) is 0 Å². The smallest absolute Gasteiger partial charge is 0.257 e. The molecule has 0 aliphatic rings. The quantitative estimate of drug-likeness (QED) is 0.163. The minimum absolute atomic E-state index is 0.000258. The van der Waals surface area contributed by atoms with E-state index in [1.54, 1.807) is 6.92 Å². The van der Waals surface area contributed by atoms with Gasteiger partial charge in [-0.2, -0.15) is 5.10 Å². The number of hydrogen-bond donors (Lipinski definition) is 4. The van der Waals surface area contributed by atoms with Crippen molar-refractivity contribution in [2.75, 3.05) is 19.3 Å². The van der Waals surface area contributed by atoms with Crippen LogP contribution in [0.3, 0.4) is 0 Å². The van der Waals surface area contributed by atoms with Gasteiger partial charge in [-0.15, -0.1) is 0 Å². The molecule has 10 nitrogen and oxygen atoms in total. The van der Waals surface area contributed by atoms with Crippen molar-refractivity contribution < 1.29 is 31.9 Å². The van der Waals surface area contributed by atoms with Gasteiger partial charge in [-0.05, 0) is 54.5 Å². The first-order chi connectivity index (χ1) is 21.9. The molecule has 4 N–H and O–H groups in total. The number of amides is 2. The molecule has 0 bridgehead atoms. The van der Waals surface area contributed by atoms with Crippen LogP contribution in [0, 0.1) is 11.6 Å². The van der Waals surface area contributed by atoms with E-state index in [-0.39, 0.29) is 24.1 Å². The molecule has 46 heavy (non-hydrogen) atoms. The Balaban J connectivity index is 1.89. The van der Waals surface area contributed by atoms with Gasteiger partial charge in [0.2, 0.25) is 5.91 Å². The highest BCUT2D eigenvalue weighted by atomic mass is 32.2. The fourth-order valence-electron chi connectivity index (χ4n) is 5.40. The summed E-state index contributed by atoms with van der Waals surface area (Å²) in [5.41, 5.74) is 2.44. The van der Waals surface area contributed by atoms with E-state index in [4.69, 9.17) is 0 Å². The molecular formula is C33H45F2N5O5S. The second-order valence-electron chi connectivity index (χ2n) is 11.5. The highest BCUT2D eigenvalue weighted by molar-refractivity contribution is 7.92.